The van der Waals surface area contributed by atoms with E-state index in [0.717, 1.165) is 19.5 Å². The molecule has 3 N–H and O–H groups in total. The topological polar surface area (TPSA) is 70.2 Å². The van der Waals surface area contributed by atoms with Crippen LogP contribution in [0.1, 0.15) is 74.1 Å². The average Bonchev–Trinajstić information content (AvgIpc) is 2.49. The van der Waals surface area contributed by atoms with Crippen LogP contribution in [-0.2, 0) is 4.79 Å². The minimum absolute atomic E-state index is 0.0173. The van der Waals surface area contributed by atoms with Crippen LogP contribution in [-0.4, -0.2) is 45.5 Å². The van der Waals surface area contributed by atoms with Crippen molar-refractivity contribution in [2.24, 2.45) is 5.41 Å². The summed E-state index contributed by atoms with van der Waals surface area (Å²) in [6.45, 7) is 15.8. The second-order valence-corrected chi connectivity index (χ2v) is 14.1. The molecule has 0 bridgehead atoms. The van der Waals surface area contributed by atoms with E-state index in [0.29, 0.717) is 9.30 Å². The second kappa shape index (κ2) is 12.5. The highest BCUT2D eigenvalue weighted by Gasteiger charge is 2.37. The lowest BCUT2D eigenvalue weighted by Crippen LogP contribution is -2.56. The molecule has 0 aliphatic rings. The van der Waals surface area contributed by atoms with E-state index < -0.39 is 11.0 Å². The highest BCUT2D eigenvalue weighted by Crippen LogP contribution is 2.32. The van der Waals surface area contributed by atoms with Gasteiger partial charge in [-0.2, -0.15) is 0 Å². The average molecular weight is 514 g/mol. The molecule has 0 fully saturated rings. The smallest absolute Gasteiger partial charge is 0.315 e. The van der Waals surface area contributed by atoms with Gasteiger partial charge in [0, 0.05) is 18.5 Å². The molecule has 0 heterocycles. The van der Waals surface area contributed by atoms with Crippen LogP contribution in [0.2, 0.25) is 0 Å². The zero-order valence-electron chi connectivity index (χ0n) is 18.3. The summed E-state index contributed by atoms with van der Waals surface area (Å²) in [4.78, 5) is 24.3. The van der Waals surface area contributed by atoms with E-state index >= 15 is 0 Å². The largest absolute Gasteiger partial charge is 0.337 e. The van der Waals surface area contributed by atoms with Crippen LogP contribution in [0, 0.1) is 5.41 Å². The Labute approximate surface area is 184 Å². The number of hydrogen-bond donors (Lipinski definition) is 3. The molecule has 0 aliphatic carbocycles. The third-order valence-electron chi connectivity index (χ3n) is 3.96. The Balaban J connectivity index is 3.68. The van der Waals surface area contributed by atoms with Crippen molar-refractivity contribution >= 4 is 46.2 Å². The molecule has 0 aromatic carbocycles. The number of carbonyl (C=O) groups excluding carboxylic acids is 2. The van der Waals surface area contributed by atoms with Crippen LogP contribution in [0.4, 0.5) is 4.79 Å². The van der Waals surface area contributed by atoms with Gasteiger partial charge < -0.3 is 16.0 Å². The Morgan fingerprint density at radius 1 is 0.852 bits per heavy atom. The number of amides is 2. The van der Waals surface area contributed by atoms with Gasteiger partial charge in [0.25, 0.3) is 0 Å². The maximum absolute atomic E-state index is 12.4. The quantitative estimate of drug-likeness (QED) is 0.189. The molecule has 27 heavy (non-hydrogen) atoms. The minimum Gasteiger partial charge on any atom is -0.337 e. The summed E-state index contributed by atoms with van der Waals surface area (Å²) < 4.78 is 0.341. The van der Waals surface area contributed by atoms with Crippen LogP contribution in [0.25, 0.3) is 0 Å². The van der Waals surface area contributed by atoms with Crippen molar-refractivity contribution in [1.82, 2.24) is 16.0 Å². The first-order valence-electron chi connectivity index (χ1n) is 9.90. The van der Waals surface area contributed by atoms with Gasteiger partial charge in [-0.05, 0) is 52.8 Å². The number of rotatable bonds is 13. The molecule has 0 saturated carbocycles. The van der Waals surface area contributed by atoms with Gasteiger partial charge in [-0.1, -0.05) is 56.2 Å². The first-order valence-corrected chi connectivity index (χ1v) is 12.0. The molecule has 0 aromatic heterocycles. The van der Waals surface area contributed by atoms with E-state index in [-0.39, 0.29) is 11.8 Å². The minimum atomic E-state index is -0.874. The third kappa shape index (κ3) is 14.6. The maximum atomic E-state index is 12.4. The van der Waals surface area contributed by atoms with Gasteiger partial charge in [0.1, 0.15) is 0 Å². The fraction of sp³-hybridized carbons (Fsp3) is 0.900. The summed E-state index contributed by atoms with van der Waals surface area (Å²) in [6.07, 6.45) is 4.96. The van der Waals surface area contributed by atoms with Crippen molar-refractivity contribution in [2.75, 3.05) is 25.4 Å². The van der Waals surface area contributed by atoms with E-state index in [2.05, 4.69) is 52.4 Å². The zero-order chi connectivity index (χ0) is 21.1. The number of halogens is 1. The Bertz CT molecular complexity index is 457. The Kier molecular flexibility index (Phi) is 12.5. The van der Waals surface area contributed by atoms with Gasteiger partial charge in [0.15, 0.2) is 5.78 Å². The van der Waals surface area contributed by atoms with E-state index in [9.17, 15) is 9.59 Å². The molecule has 0 saturated heterocycles. The number of alkyl halides is 1. The molecule has 0 unspecified atom stereocenters. The monoisotopic (exact) mass is 513 g/mol. The molecule has 0 aliphatic heterocycles. The van der Waals surface area contributed by atoms with Gasteiger partial charge in [0.05, 0.1) is 8.29 Å². The molecule has 0 atom stereocenters. The molecule has 5 nitrogen and oxygen atoms in total. The standard InChI is InChI=1S/C20H40IN3O2S/c1-18(2,3)16(25)19(4,5)24-17(26)23-14-13-22-12-10-8-9-11-15-27-20(6,7)21/h22H,8-15H2,1-7H3,(H2,23,24,26). The summed E-state index contributed by atoms with van der Waals surface area (Å²) in [7, 11) is 0. The predicted molar refractivity (Wildman–Crippen MR) is 127 cm³/mol. The molecule has 0 spiro atoms. The fourth-order valence-electron chi connectivity index (χ4n) is 2.73. The van der Waals surface area contributed by atoms with Gasteiger partial charge >= 0.3 is 6.03 Å². The zero-order valence-corrected chi connectivity index (χ0v) is 21.2. The summed E-state index contributed by atoms with van der Waals surface area (Å²) in [5.74, 6) is 1.25. The highest BCUT2D eigenvalue weighted by atomic mass is 127. The van der Waals surface area contributed by atoms with Crippen LogP contribution in [0.15, 0.2) is 0 Å². The number of carbonyl (C=O) groups is 2. The number of Topliss-reactive ketones (excluding diaryl/α,β-unsaturated/α-hetero) is 1. The Morgan fingerprint density at radius 3 is 2.00 bits per heavy atom. The lowest BCUT2D eigenvalue weighted by molar-refractivity contribution is -0.131. The van der Waals surface area contributed by atoms with Gasteiger partial charge in [0.2, 0.25) is 0 Å². The normalized spacial score (nSPS) is 12.7. The summed E-state index contributed by atoms with van der Waals surface area (Å²) in [5.41, 5.74) is -1.36. The first kappa shape index (κ1) is 27.0. The first-order chi connectivity index (χ1) is 12.3. The van der Waals surface area contributed by atoms with Crippen molar-refractivity contribution in [3.63, 3.8) is 0 Å². The number of hydrogen-bond acceptors (Lipinski definition) is 4. The van der Waals surface area contributed by atoms with E-state index in [1.165, 1.54) is 25.0 Å². The van der Waals surface area contributed by atoms with Crippen LogP contribution in [0.3, 0.4) is 0 Å². The Morgan fingerprint density at radius 2 is 1.44 bits per heavy atom. The SMILES string of the molecule is CC(C)(I)SCCCCCCNCCNC(=O)NC(C)(C)C(=O)C(C)(C)C. The van der Waals surface area contributed by atoms with E-state index in [4.69, 9.17) is 0 Å². The number of thioether (sulfide) groups is 1. The molecular weight excluding hydrogens is 473 g/mol. The number of unbranched alkanes of at least 4 members (excludes halogenated alkanes) is 3. The van der Waals surface area contributed by atoms with Crippen LogP contribution in [0.5, 0.6) is 0 Å². The van der Waals surface area contributed by atoms with Crippen molar-refractivity contribution in [1.29, 1.82) is 0 Å². The maximum Gasteiger partial charge on any atom is 0.315 e. The lowest BCUT2D eigenvalue weighted by Gasteiger charge is -2.31. The molecular formula is C20H40IN3O2S. The van der Waals surface area contributed by atoms with Crippen molar-refractivity contribution in [3.05, 3.63) is 0 Å². The number of nitrogens with one attached hydrogen (secondary N) is 3. The van der Waals surface area contributed by atoms with Gasteiger partial charge in [-0.25, -0.2) is 4.79 Å². The summed E-state index contributed by atoms with van der Waals surface area (Å²) >= 11 is 4.51. The molecule has 7 heteroatoms. The highest BCUT2D eigenvalue weighted by molar-refractivity contribution is 14.1. The molecule has 0 rings (SSSR count). The summed E-state index contributed by atoms with van der Waals surface area (Å²) in [5, 5.41) is 8.93. The third-order valence-corrected chi connectivity index (χ3v) is 6.07. The Hall–Kier alpha value is -0.0200. The summed E-state index contributed by atoms with van der Waals surface area (Å²) in [6, 6.07) is -0.296. The number of urea groups is 1. The van der Waals surface area contributed by atoms with E-state index in [1.54, 1.807) is 13.8 Å². The molecule has 2 amide bonds. The van der Waals surface area contributed by atoms with Crippen molar-refractivity contribution in [3.8, 4) is 0 Å². The van der Waals surface area contributed by atoms with Gasteiger partial charge in [-0.3, -0.25) is 4.79 Å². The van der Waals surface area contributed by atoms with Crippen LogP contribution < -0.4 is 16.0 Å². The lowest BCUT2D eigenvalue weighted by atomic mass is 9.80. The van der Waals surface area contributed by atoms with Crippen LogP contribution >= 0.6 is 34.4 Å². The van der Waals surface area contributed by atoms with E-state index in [1.807, 2.05) is 32.5 Å². The van der Waals surface area contributed by atoms with Gasteiger partial charge in [-0.15, -0.1) is 11.8 Å². The molecule has 0 aromatic rings. The molecule has 160 valence electrons. The predicted octanol–water partition coefficient (Wildman–Crippen LogP) is 4.73. The number of ketones is 1. The second-order valence-electron chi connectivity index (χ2n) is 8.96. The van der Waals surface area contributed by atoms with Crippen molar-refractivity contribution in [2.45, 2.75) is 82.4 Å². The van der Waals surface area contributed by atoms with Crippen molar-refractivity contribution < 1.29 is 9.59 Å². The fourth-order valence-corrected chi connectivity index (χ4v) is 4.23. The molecule has 0 radical (unpaired) electrons.